The van der Waals surface area contributed by atoms with Crippen LogP contribution in [-0.2, 0) is 0 Å². The van der Waals surface area contributed by atoms with Gasteiger partial charge in [-0.05, 0) is 33.0 Å². The number of ketones is 1. The molecule has 1 aliphatic heterocycles. The molecule has 96 valence electrons. The van der Waals surface area contributed by atoms with Crippen molar-refractivity contribution in [3.05, 3.63) is 48.2 Å². The van der Waals surface area contributed by atoms with Gasteiger partial charge in [-0.1, -0.05) is 30.3 Å². The largest absolute Gasteiger partial charge is 0.388 e. The summed E-state index contributed by atoms with van der Waals surface area (Å²) in [5, 5.41) is 3.31. The SMILES string of the molecule is CN1CCC(N/C=C\C(=O)c2ccccc2)CC1. The van der Waals surface area contributed by atoms with E-state index in [1.165, 1.54) is 0 Å². The van der Waals surface area contributed by atoms with Crippen LogP contribution in [0.15, 0.2) is 42.6 Å². The fraction of sp³-hybridized carbons (Fsp3) is 0.400. The van der Waals surface area contributed by atoms with Gasteiger partial charge in [0.05, 0.1) is 0 Å². The van der Waals surface area contributed by atoms with Crippen LogP contribution in [0.5, 0.6) is 0 Å². The molecule has 0 radical (unpaired) electrons. The lowest BCUT2D eigenvalue weighted by Gasteiger charge is -2.28. The Morgan fingerprint density at radius 1 is 1.28 bits per heavy atom. The van der Waals surface area contributed by atoms with E-state index >= 15 is 0 Å². The number of carbonyl (C=O) groups is 1. The predicted molar refractivity (Wildman–Crippen MR) is 73.6 cm³/mol. The van der Waals surface area contributed by atoms with Crippen molar-refractivity contribution in [3.8, 4) is 0 Å². The van der Waals surface area contributed by atoms with Crippen molar-refractivity contribution < 1.29 is 4.79 Å². The summed E-state index contributed by atoms with van der Waals surface area (Å²) in [6.07, 6.45) is 5.69. The maximum absolute atomic E-state index is 11.8. The van der Waals surface area contributed by atoms with Gasteiger partial charge in [0.1, 0.15) is 0 Å². The third-order valence-electron chi connectivity index (χ3n) is 3.34. The first-order valence-corrected chi connectivity index (χ1v) is 6.46. The molecule has 0 atom stereocenters. The average molecular weight is 244 g/mol. The molecule has 0 aliphatic carbocycles. The van der Waals surface area contributed by atoms with Gasteiger partial charge in [0.2, 0.25) is 0 Å². The summed E-state index contributed by atoms with van der Waals surface area (Å²) in [5.41, 5.74) is 0.735. The maximum atomic E-state index is 11.8. The lowest BCUT2D eigenvalue weighted by molar-refractivity contribution is 0.104. The van der Waals surface area contributed by atoms with Crippen LogP contribution in [0.3, 0.4) is 0 Å². The minimum Gasteiger partial charge on any atom is -0.388 e. The van der Waals surface area contributed by atoms with Gasteiger partial charge in [0.15, 0.2) is 5.78 Å². The molecule has 0 bridgehead atoms. The molecule has 1 aromatic carbocycles. The lowest BCUT2D eigenvalue weighted by Crippen LogP contribution is -2.38. The van der Waals surface area contributed by atoms with E-state index in [4.69, 9.17) is 0 Å². The standard InChI is InChI=1S/C15H20N2O/c1-17-11-8-14(9-12-17)16-10-7-15(18)13-5-3-2-4-6-13/h2-7,10,14,16H,8-9,11-12H2,1H3/b10-7-. The minimum atomic E-state index is 0.0519. The maximum Gasteiger partial charge on any atom is 0.187 e. The van der Waals surface area contributed by atoms with Gasteiger partial charge in [-0.25, -0.2) is 0 Å². The topological polar surface area (TPSA) is 32.3 Å². The molecular formula is C15H20N2O. The molecule has 3 nitrogen and oxygen atoms in total. The minimum absolute atomic E-state index is 0.0519. The van der Waals surface area contributed by atoms with Gasteiger partial charge in [-0.2, -0.15) is 0 Å². The Bertz CT molecular complexity index is 406. The lowest BCUT2D eigenvalue weighted by atomic mass is 10.1. The van der Waals surface area contributed by atoms with E-state index in [2.05, 4.69) is 17.3 Å². The molecule has 1 fully saturated rings. The molecule has 0 unspecified atom stereocenters. The first-order chi connectivity index (χ1) is 8.75. The van der Waals surface area contributed by atoms with Gasteiger partial charge in [0.25, 0.3) is 0 Å². The van der Waals surface area contributed by atoms with E-state index in [-0.39, 0.29) is 5.78 Å². The Hall–Kier alpha value is -1.61. The number of nitrogens with one attached hydrogen (secondary N) is 1. The van der Waals surface area contributed by atoms with Crippen LogP contribution in [0.1, 0.15) is 23.2 Å². The number of benzene rings is 1. The molecule has 1 saturated heterocycles. The monoisotopic (exact) mass is 244 g/mol. The molecule has 0 saturated carbocycles. The number of nitrogens with zero attached hydrogens (tertiary/aromatic N) is 1. The molecule has 18 heavy (non-hydrogen) atoms. The Morgan fingerprint density at radius 2 is 1.94 bits per heavy atom. The summed E-state index contributed by atoms with van der Waals surface area (Å²) in [7, 11) is 2.14. The number of carbonyl (C=O) groups excluding carboxylic acids is 1. The third kappa shape index (κ3) is 3.70. The van der Waals surface area contributed by atoms with Gasteiger partial charge < -0.3 is 10.2 Å². The van der Waals surface area contributed by atoms with Crippen LogP contribution in [0, 0.1) is 0 Å². The van der Waals surface area contributed by atoms with Crippen molar-refractivity contribution in [3.63, 3.8) is 0 Å². The molecule has 1 aliphatic rings. The zero-order chi connectivity index (χ0) is 12.8. The van der Waals surface area contributed by atoms with Crippen molar-refractivity contribution in [2.45, 2.75) is 18.9 Å². The highest BCUT2D eigenvalue weighted by Crippen LogP contribution is 2.08. The van der Waals surface area contributed by atoms with Crippen molar-refractivity contribution in [1.29, 1.82) is 0 Å². The third-order valence-corrected chi connectivity index (χ3v) is 3.34. The summed E-state index contributed by atoms with van der Waals surface area (Å²) in [5.74, 6) is 0.0519. The average Bonchev–Trinajstić information content (AvgIpc) is 2.42. The highest BCUT2D eigenvalue weighted by molar-refractivity contribution is 6.04. The van der Waals surface area contributed by atoms with E-state index in [0.717, 1.165) is 31.5 Å². The first kappa shape index (κ1) is 12.8. The van der Waals surface area contributed by atoms with Crippen molar-refractivity contribution in [2.24, 2.45) is 0 Å². The first-order valence-electron chi connectivity index (χ1n) is 6.46. The van der Waals surface area contributed by atoms with Crippen LogP contribution < -0.4 is 5.32 Å². The van der Waals surface area contributed by atoms with Crippen molar-refractivity contribution in [1.82, 2.24) is 10.2 Å². The number of likely N-dealkylation sites (tertiary alicyclic amines) is 1. The van der Waals surface area contributed by atoms with Crippen molar-refractivity contribution in [2.75, 3.05) is 20.1 Å². The summed E-state index contributed by atoms with van der Waals surface area (Å²) >= 11 is 0. The van der Waals surface area contributed by atoms with Crippen molar-refractivity contribution >= 4 is 5.78 Å². The van der Waals surface area contributed by atoms with Crippen LogP contribution in [0.25, 0.3) is 0 Å². The van der Waals surface area contributed by atoms with Gasteiger partial charge in [-0.3, -0.25) is 4.79 Å². The van der Waals surface area contributed by atoms with E-state index in [1.807, 2.05) is 30.3 Å². The second-order valence-corrected chi connectivity index (χ2v) is 4.81. The van der Waals surface area contributed by atoms with Crippen LogP contribution in [0.4, 0.5) is 0 Å². The fourth-order valence-electron chi connectivity index (χ4n) is 2.13. The Balaban J connectivity index is 1.79. The number of rotatable bonds is 4. The Kier molecular flexibility index (Phi) is 4.53. The fourth-order valence-corrected chi connectivity index (χ4v) is 2.13. The number of hydrogen-bond acceptors (Lipinski definition) is 3. The normalized spacial score (nSPS) is 18.1. The van der Waals surface area contributed by atoms with E-state index in [9.17, 15) is 4.79 Å². The highest BCUT2D eigenvalue weighted by Gasteiger charge is 2.14. The quantitative estimate of drug-likeness (QED) is 0.650. The van der Waals surface area contributed by atoms with E-state index in [0.29, 0.717) is 6.04 Å². The molecule has 0 aromatic heterocycles. The highest BCUT2D eigenvalue weighted by atomic mass is 16.1. The van der Waals surface area contributed by atoms with Crippen LogP contribution in [0.2, 0.25) is 0 Å². The summed E-state index contributed by atoms with van der Waals surface area (Å²) in [6.45, 7) is 2.25. The molecule has 2 rings (SSSR count). The van der Waals surface area contributed by atoms with E-state index in [1.54, 1.807) is 12.3 Å². The molecule has 1 aromatic rings. The Labute approximate surface area is 108 Å². The van der Waals surface area contributed by atoms with Crippen LogP contribution in [-0.4, -0.2) is 36.9 Å². The zero-order valence-electron chi connectivity index (χ0n) is 10.8. The molecular weight excluding hydrogens is 224 g/mol. The Morgan fingerprint density at radius 3 is 2.61 bits per heavy atom. The van der Waals surface area contributed by atoms with Crippen LogP contribution >= 0.6 is 0 Å². The smallest absolute Gasteiger partial charge is 0.187 e. The summed E-state index contributed by atoms with van der Waals surface area (Å²) in [6, 6.07) is 9.85. The molecule has 1 N–H and O–H groups in total. The number of hydrogen-bond donors (Lipinski definition) is 1. The molecule has 0 spiro atoms. The van der Waals surface area contributed by atoms with Gasteiger partial charge in [0, 0.05) is 23.9 Å². The second kappa shape index (κ2) is 6.36. The number of piperidine rings is 1. The van der Waals surface area contributed by atoms with Gasteiger partial charge in [-0.15, -0.1) is 0 Å². The molecule has 0 amide bonds. The summed E-state index contributed by atoms with van der Waals surface area (Å²) < 4.78 is 0. The summed E-state index contributed by atoms with van der Waals surface area (Å²) in [4.78, 5) is 14.1. The van der Waals surface area contributed by atoms with Gasteiger partial charge >= 0.3 is 0 Å². The second-order valence-electron chi connectivity index (χ2n) is 4.81. The zero-order valence-corrected chi connectivity index (χ0v) is 10.8. The number of allylic oxidation sites excluding steroid dienone is 1. The van der Waals surface area contributed by atoms with E-state index < -0.39 is 0 Å². The molecule has 1 heterocycles. The predicted octanol–water partition coefficient (Wildman–Crippen LogP) is 2.07. The molecule has 3 heteroatoms.